The summed E-state index contributed by atoms with van der Waals surface area (Å²) < 4.78 is 4.71. The molecule has 0 fully saturated rings. The van der Waals surface area contributed by atoms with Crippen LogP contribution in [0.1, 0.15) is 4.88 Å². The fourth-order valence-electron chi connectivity index (χ4n) is 1.62. The Balaban J connectivity index is 1.90. The van der Waals surface area contributed by atoms with E-state index in [-0.39, 0.29) is 0 Å². The summed E-state index contributed by atoms with van der Waals surface area (Å²) in [6, 6.07) is 7.78. The van der Waals surface area contributed by atoms with Crippen LogP contribution >= 0.6 is 11.3 Å². The van der Waals surface area contributed by atoms with Crippen LogP contribution in [0.3, 0.4) is 0 Å². The van der Waals surface area contributed by atoms with Gasteiger partial charge in [-0.05, 0) is 33.9 Å². The average Bonchev–Trinajstić information content (AvgIpc) is 2.99. The van der Waals surface area contributed by atoms with Crippen molar-refractivity contribution in [3.63, 3.8) is 0 Å². The number of nitrogen functional groups attached to an aromatic ring is 1. The van der Waals surface area contributed by atoms with Gasteiger partial charge in [0.15, 0.2) is 11.0 Å². The van der Waals surface area contributed by atoms with Crippen LogP contribution in [-0.2, 0) is 6.54 Å². The normalized spacial score (nSPS) is 10.8. The molecule has 0 aliphatic rings. The lowest BCUT2D eigenvalue weighted by Crippen LogP contribution is -1.99. The van der Waals surface area contributed by atoms with E-state index in [1.807, 2.05) is 17.5 Å². The molecule has 0 aliphatic carbocycles. The summed E-state index contributed by atoms with van der Waals surface area (Å²) in [5, 5.41) is 13.0. The summed E-state index contributed by atoms with van der Waals surface area (Å²) in [6.45, 7) is 0.754. The zero-order valence-corrected chi connectivity index (χ0v) is 9.70. The van der Waals surface area contributed by atoms with Crippen molar-refractivity contribution in [3.05, 3.63) is 34.5 Å². The van der Waals surface area contributed by atoms with Crippen molar-refractivity contribution >= 4 is 33.7 Å². The van der Waals surface area contributed by atoms with Crippen molar-refractivity contribution in [3.8, 4) is 0 Å². The third-order valence-corrected chi connectivity index (χ3v) is 3.36. The first kappa shape index (κ1) is 10.1. The molecule has 0 unspecified atom stereocenters. The molecule has 17 heavy (non-hydrogen) atoms. The summed E-state index contributed by atoms with van der Waals surface area (Å²) >= 11 is 1.71. The van der Waals surface area contributed by atoms with E-state index >= 15 is 0 Å². The molecule has 2 heterocycles. The molecular formula is C11H10N4OS. The first-order valence-corrected chi connectivity index (χ1v) is 5.99. The topological polar surface area (TPSA) is 77.0 Å². The second-order valence-electron chi connectivity index (χ2n) is 3.60. The van der Waals surface area contributed by atoms with Gasteiger partial charge in [-0.1, -0.05) is 6.07 Å². The monoisotopic (exact) mass is 246 g/mol. The highest BCUT2D eigenvalue weighted by molar-refractivity contribution is 7.09. The molecule has 5 nitrogen and oxygen atoms in total. The zero-order valence-electron chi connectivity index (χ0n) is 8.88. The highest BCUT2D eigenvalue weighted by Gasteiger charge is 2.09. The van der Waals surface area contributed by atoms with Gasteiger partial charge in [0.1, 0.15) is 0 Å². The van der Waals surface area contributed by atoms with Crippen LogP contribution in [0, 0.1) is 0 Å². The van der Waals surface area contributed by atoms with E-state index in [1.54, 1.807) is 17.4 Å². The first-order chi connectivity index (χ1) is 8.34. The SMILES string of the molecule is Nc1ccc(NCc2cccs2)c2nonc12. The van der Waals surface area contributed by atoms with Crippen LogP contribution in [0.15, 0.2) is 34.3 Å². The molecule has 0 radical (unpaired) electrons. The number of nitrogens with zero attached hydrogens (tertiary/aromatic N) is 2. The molecule has 0 spiro atoms. The van der Waals surface area contributed by atoms with E-state index in [2.05, 4.69) is 21.7 Å². The zero-order chi connectivity index (χ0) is 11.7. The van der Waals surface area contributed by atoms with E-state index in [1.165, 1.54) is 4.88 Å². The van der Waals surface area contributed by atoms with E-state index < -0.39 is 0 Å². The number of thiophene rings is 1. The van der Waals surface area contributed by atoms with Crippen molar-refractivity contribution in [2.45, 2.75) is 6.54 Å². The molecule has 0 saturated heterocycles. The Hall–Kier alpha value is -2.08. The Labute approximate surface area is 101 Å². The maximum Gasteiger partial charge on any atom is 0.160 e. The Morgan fingerprint density at radius 2 is 2.12 bits per heavy atom. The Kier molecular flexibility index (Phi) is 2.41. The molecule has 1 aromatic carbocycles. The molecule has 0 bridgehead atoms. The molecule has 3 aromatic rings. The van der Waals surface area contributed by atoms with E-state index in [4.69, 9.17) is 10.4 Å². The second kappa shape index (κ2) is 4.06. The van der Waals surface area contributed by atoms with Gasteiger partial charge in [0.25, 0.3) is 0 Å². The van der Waals surface area contributed by atoms with Gasteiger partial charge < -0.3 is 11.1 Å². The van der Waals surface area contributed by atoms with Crippen molar-refractivity contribution in [1.29, 1.82) is 0 Å². The van der Waals surface area contributed by atoms with Crippen molar-refractivity contribution in [2.24, 2.45) is 0 Å². The number of nitrogens with two attached hydrogens (primary N) is 1. The molecule has 3 N–H and O–H groups in total. The van der Waals surface area contributed by atoms with Crippen LogP contribution in [0.4, 0.5) is 11.4 Å². The van der Waals surface area contributed by atoms with Crippen LogP contribution in [0.2, 0.25) is 0 Å². The average molecular weight is 246 g/mol. The van der Waals surface area contributed by atoms with Gasteiger partial charge >= 0.3 is 0 Å². The molecule has 6 heteroatoms. The lowest BCUT2D eigenvalue weighted by molar-refractivity contribution is 0.316. The number of aromatic nitrogens is 2. The van der Waals surface area contributed by atoms with Gasteiger partial charge in [-0.2, -0.15) is 0 Å². The Bertz CT molecular complexity index is 632. The van der Waals surface area contributed by atoms with Gasteiger partial charge in [-0.25, -0.2) is 4.63 Å². The van der Waals surface area contributed by atoms with Gasteiger partial charge in [0.2, 0.25) is 0 Å². The number of fused-ring (bicyclic) bond motifs is 1. The molecular weight excluding hydrogens is 236 g/mol. The summed E-state index contributed by atoms with van der Waals surface area (Å²) in [5.74, 6) is 0. The van der Waals surface area contributed by atoms with Gasteiger partial charge in [-0.3, -0.25) is 0 Å². The maximum atomic E-state index is 5.77. The first-order valence-electron chi connectivity index (χ1n) is 5.11. The predicted octanol–water partition coefficient (Wildman–Crippen LogP) is 2.48. The predicted molar refractivity (Wildman–Crippen MR) is 67.9 cm³/mol. The summed E-state index contributed by atoms with van der Waals surface area (Å²) in [7, 11) is 0. The fraction of sp³-hybridized carbons (Fsp3) is 0.0909. The largest absolute Gasteiger partial charge is 0.397 e. The van der Waals surface area contributed by atoms with Gasteiger partial charge in [0.05, 0.1) is 11.4 Å². The highest BCUT2D eigenvalue weighted by Crippen LogP contribution is 2.25. The number of rotatable bonds is 3. The van der Waals surface area contributed by atoms with Crippen LogP contribution < -0.4 is 11.1 Å². The van der Waals surface area contributed by atoms with E-state index in [9.17, 15) is 0 Å². The van der Waals surface area contributed by atoms with Gasteiger partial charge in [-0.15, -0.1) is 11.3 Å². The quantitative estimate of drug-likeness (QED) is 0.694. The molecule has 2 aromatic heterocycles. The summed E-state index contributed by atoms with van der Waals surface area (Å²) in [6.07, 6.45) is 0. The number of benzene rings is 1. The second-order valence-corrected chi connectivity index (χ2v) is 4.63. The summed E-state index contributed by atoms with van der Waals surface area (Å²) in [5.41, 5.74) is 8.49. The number of hydrogen-bond acceptors (Lipinski definition) is 6. The number of hydrogen-bond donors (Lipinski definition) is 2. The van der Waals surface area contributed by atoms with Crippen LogP contribution in [-0.4, -0.2) is 10.3 Å². The van der Waals surface area contributed by atoms with Crippen molar-refractivity contribution < 1.29 is 4.63 Å². The Morgan fingerprint density at radius 3 is 2.94 bits per heavy atom. The highest BCUT2D eigenvalue weighted by atomic mass is 32.1. The minimum absolute atomic E-state index is 0.572. The van der Waals surface area contributed by atoms with Crippen molar-refractivity contribution in [2.75, 3.05) is 11.1 Å². The minimum atomic E-state index is 0.572. The third-order valence-electron chi connectivity index (χ3n) is 2.48. The van der Waals surface area contributed by atoms with Gasteiger partial charge in [0, 0.05) is 11.4 Å². The molecule has 0 atom stereocenters. The van der Waals surface area contributed by atoms with Crippen molar-refractivity contribution in [1.82, 2.24) is 10.3 Å². The number of nitrogens with one attached hydrogen (secondary N) is 1. The molecule has 3 rings (SSSR count). The van der Waals surface area contributed by atoms with Crippen LogP contribution in [0.5, 0.6) is 0 Å². The Morgan fingerprint density at radius 1 is 1.24 bits per heavy atom. The van der Waals surface area contributed by atoms with E-state index in [0.29, 0.717) is 16.7 Å². The third kappa shape index (κ3) is 1.83. The minimum Gasteiger partial charge on any atom is -0.397 e. The maximum absolute atomic E-state index is 5.77. The molecule has 0 saturated carbocycles. The van der Waals surface area contributed by atoms with Crippen LogP contribution in [0.25, 0.3) is 11.0 Å². The molecule has 0 amide bonds. The summed E-state index contributed by atoms with van der Waals surface area (Å²) in [4.78, 5) is 1.26. The smallest absolute Gasteiger partial charge is 0.160 e. The fourth-order valence-corrected chi connectivity index (χ4v) is 2.27. The lowest BCUT2D eigenvalue weighted by Gasteiger charge is -2.05. The lowest BCUT2D eigenvalue weighted by atomic mass is 10.2. The molecule has 86 valence electrons. The number of anilines is 2. The molecule has 0 aliphatic heterocycles. The van der Waals surface area contributed by atoms with E-state index in [0.717, 1.165) is 12.2 Å². The standard InChI is InChI=1S/C11H10N4OS/c12-8-3-4-9(11-10(8)14-16-15-11)13-6-7-2-1-5-17-7/h1-5,13H,6,12H2.